The number of rotatable bonds is 9. The van der Waals surface area contributed by atoms with E-state index in [2.05, 4.69) is 26.9 Å². The molecule has 0 aliphatic heterocycles. The maximum absolute atomic E-state index is 12.2. The number of aliphatic carboxylic acids is 1. The van der Waals surface area contributed by atoms with Crippen LogP contribution >= 0.6 is 0 Å². The van der Waals surface area contributed by atoms with Crippen LogP contribution in [-0.4, -0.2) is 47.9 Å². The van der Waals surface area contributed by atoms with Gasteiger partial charge in [-0.15, -0.1) is 0 Å². The molecule has 9 heteroatoms. The van der Waals surface area contributed by atoms with Crippen LogP contribution in [0.2, 0.25) is 0 Å². The predicted octanol–water partition coefficient (Wildman–Crippen LogP) is 0.497. The summed E-state index contributed by atoms with van der Waals surface area (Å²) in [7, 11) is 0. The van der Waals surface area contributed by atoms with Crippen molar-refractivity contribution >= 4 is 23.7 Å². The standard InChI is InChI=1S/C16H19N3O5.C4H4O/c1-2-13(20)19-12(8-11-6-4-3-5-7-11)16(24)18-9-14(21)17-10-15(22)23;1-2-4-5-3-1/h2-7,12H,1,8-10H2,(H,17,21)(H,18,24)(H,19,20)(H,22,23);1-4H/t12-;/m0./s1. The zero-order valence-corrected chi connectivity index (χ0v) is 15.7. The molecule has 0 unspecified atom stereocenters. The summed E-state index contributed by atoms with van der Waals surface area (Å²) in [6.07, 6.45) is 4.54. The topological polar surface area (TPSA) is 138 Å². The van der Waals surface area contributed by atoms with Crippen LogP contribution in [0.25, 0.3) is 0 Å². The van der Waals surface area contributed by atoms with E-state index < -0.39 is 36.3 Å². The van der Waals surface area contributed by atoms with Gasteiger partial charge in [-0.1, -0.05) is 36.9 Å². The number of nitrogens with one attached hydrogen (secondary N) is 3. The second kappa shape index (κ2) is 13.3. The summed E-state index contributed by atoms with van der Waals surface area (Å²) in [6, 6.07) is 11.8. The van der Waals surface area contributed by atoms with Crippen molar-refractivity contribution in [3.8, 4) is 0 Å². The fourth-order valence-corrected chi connectivity index (χ4v) is 2.04. The molecule has 9 nitrogen and oxygen atoms in total. The van der Waals surface area contributed by atoms with E-state index in [-0.39, 0.29) is 13.0 Å². The zero-order valence-electron chi connectivity index (χ0n) is 15.7. The van der Waals surface area contributed by atoms with Crippen molar-refractivity contribution in [3.05, 3.63) is 73.2 Å². The molecule has 2 rings (SSSR count). The van der Waals surface area contributed by atoms with Crippen LogP contribution in [0.1, 0.15) is 5.56 Å². The van der Waals surface area contributed by atoms with Crippen LogP contribution in [0.5, 0.6) is 0 Å². The van der Waals surface area contributed by atoms with E-state index >= 15 is 0 Å². The molecule has 0 fully saturated rings. The number of hydrogen-bond donors (Lipinski definition) is 4. The molecule has 2 aromatic rings. The van der Waals surface area contributed by atoms with E-state index in [1.165, 1.54) is 0 Å². The number of carboxylic acids is 1. The first-order chi connectivity index (χ1) is 13.9. The molecule has 0 bridgehead atoms. The Bertz CT molecular complexity index is 773. The Morgan fingerprint density at radius 1 is 1.00 bits per heavy atom. The van der Waals surface area contributed by atoms with Crippen molar-refractivity contribution in [1.29, 1.82) is 0 Å². The van der Waals surface area contributed by atoms with Gasteiger partial charge in [0.1, 0.15) is 12.6 Å². The van der Waals surface area contributed by atoms with Gasteiger partial charge in [0.15, 0.2) is 0 Å². The smallest absolute Gasteiger partial charge is 0.322 e. The van der Waals surface area contributed by atoms with Crippen LogP contribution in [0.4, 0.5) is 0 Å². The van der Waals surface area contributed by atoms with E-state index in [0.717, 1.165) is 11.6 Å². The Morgan fingerprint density at radius 3 is 2.17 bits per heavy atom. The third-order valence-electron chi connectivity index (χ3n) is 3.39. The molecule has 29 heavy (non-hydrogen) atoms. The molecule has 1 atom stereocenters. The van der Waals surface area contributed by atoms with Gasteiger partial charge in [-0.2, -0.15) is 0 Å². The highest BCUT2D eigenvalue weighted by Crippen LogP contribution is 2.03. The zero-order chi connectivity index (χ0) is 21.5. The second-order valence-corrected chi connectivity index (χ2v) is 5.64. The normalized spacial score (nSPS) is 10.5. The Balaban J connectivity index is 0.000000726. The number of hydrogen-bond acceptors (Lipinski definition) is 5. The van der Waals surface area contributed by atoms with Gasteiger partial charge in [-0.25, -0.2) is 0 Å². The van der Waals surface area contributed by atoms with E-state index in [1.807, 2.05) is 18.2 Å². The van der Waals surface area contributed by atoms with Crippen molar-refractivity contribution in [3.63, 3.8) is 0 Å². The maximum Gasteiger partial charge on any atom is 0.322 e. The van der Waals surface area contributed by atoms with Gasteiger partial charge in [0.2, 0.25) is 17.7 Å². The minimum atomic E-state index is -1.19. The highest BCUT2D eigenvalue weighted by atomic mass is 16.4. The van der Waals surface area contributed by atoms with Gasteiger partial charge in [0.05, 0.1) is 19.1 Å². The van der Waals surface area contributed by atoms with Gasteiger partial charge in [-0.3, -0.25) is 19.2 Å². The molecular weight excluding hydrogens is 378 g/mol. The van der Waals surface area contributed by atoms with Crippen LogP contribution < -0.4 is 16.0 Å². The number of carbonyl (C=O) groups excluding carboxylic acids is 3. The summed E-state index contributed by atoms with van der Waals surface area (Å²) >= 11 is 0. The Morgan fingerprint density at radius 2 is 1.66 bits per heavy atom. The Kier molecular flexibility index (Phi) is 10.6. The quantitative estimate of drug-likeness (QED) is 0.452. The van der Waals surface area contributed by atoms with Gasteiger partial charge < -0.3 is 25.5 Å². The third kappa shape index (κ3) is 10.8. The lowest BCUT2D eigenvalue weighted by molar-refractivity contribution is -0.137. The fraction of sp³-hybridized carbons (Fsp3) is 0.200. The second-order valence-electron chi connectivity index (χ2n) is 5.64. The minimum Gasteiger partial charge on any atom is -0.480 e. The predicted molar refractivity (Wildman–Crippen MR) is 105 cm³/mol. The summed E-state index contributed by atoms with van der Waals surface area (Å²) in [4.78, 5) is 45.4. The molecule has 4 N–H and O–H groups in total. The monoisotopic (exact) mass is 401 g/mol. The van der Waals surface area contributed by atoms with Crippen molar-refractivity contribution in [1.82, 2.24) is 16.0 Å². The van der Waals surface area contributed by atoms with Crippen LogP contribution in [0.15, 0.2) is 72.1 Å². The summed E-state index contributed by atoms with van der Waals surface area (Å²) in [5.41, 5.74) is 0.831. The number of carboxylic acid groups (broad SMARTS) is 1. The molecule has 0 spiro atoms. The van der Waals surface area contributed by atoms with Crippen LogP contribution in [0, 0.1) is 0 Å². The molecule has 154 valence electrons. The molecule has 1 aromatic carbocycles. The summed E-state index contributed by atoms with van der Waals surface area (Å²) in [6.45, 7) is 2.41. The van der Waals surface area contributed by atoms with E-state index in [9.17, 15) is 19.2 Å². The summed E-state index contributed by atoms with van der Waals surface area (Å²) in [5.74, 6) is -2.89. The van der Waals surface area contributed by atoms with Crippen LogP contribution in [0.3, 0.4) is 0 Å². The average molecular weight is 401 g/mol. The van der Waals surface area contributed by atoms with Crippen molar-refractivity contribution in [2.45, 2.75) is 12.5 Å². The van der Waals surface area contributed by atoms with Gasteiger partial charge >= 0.3 is 5.97 Å². The molecule has 0 aliphatic carbocycles. The van der Waals surface area contributed by atoms with E-state index in [0.29, 0.717) is 0 Å². The molecule has 0 aliphatic rings. The number of furan rings is 1. The molecule has 0 saturated heterocycles. The van der Waals surface area contributed by atoms with Gasteiger partial charge in [0.25, 0.3) is 0 Å². The van der Waals surface area contributed by atoms with Gasteiger partial charge in [0, 0.05) is 6.42 Å². The maximum atomic E-state index is 12.2. The third-order valence-corrected chi connectivity index (χ3v) is 3.39. The molecule has 1 aromatic heterocycles. The lowest BCUT2D eigenvalue weighted by Crippen LogP contribution is -2.50. The minimum absolute atomic E-state index is 0.239. The first kappa shape index (κ1) is 23.2. The number of amides is 3. The van der Waals surface area contributed by atoms with Crippen LogP contribution in [-0.2, 0) is 25.6 Å². The lowest BCUT2D eigenvalue weighted by atomic mass is 10.1. The van der Waals surface area contributed by atoms with Gasteiger partial charge in [-0.05, 0) is 23.8 Å². The largest absolute Gasteiger partial charge is 0.480 e. The van der Waals surface area contributed by atoms with E-state index in [1.54, 1.807) is 36.8 Å². The molecular formula is C20H23N3O6. The molecule has 0 saturated carbocycles. The average Bonchev–Trinajstić information content (AvgIpc) is 3.30. The SMILES string of the molecule is C=CC(=O)N[C@@H](Cc1ccccc1)C(=O)NCC(=O)NCC(=O)O.c1ccoc1. The molecule has 0 radical (unpaired) electrons. The molecule has 3 amide bonds. The lowest BCUT2D eigenvalue weighted by Gasteiger charge is -2.17. The first-order valence-electron chi connectivity index (χ1n) is 8.62. The van der Waals surface area contributed by atoms with Crippen molar-refractivity contribution < 1.29 is 28.7 Å². The highest BCUT2D eigenvalue weighted by Gasteiger charge is 2.20. The van der Waals surface area contributed by atoms with Crippen molar-refractivity contribution in [2.24, 2.45) is 0 Å². The number of benzene rings is 1. The highest BCUT2D eigenvalue weighted by molar-refractivity contribution is 5.94. The Hall–Kier alpha value is -3.88. The summed E-state index contributed by atoms with van der Waals surface area (Å²) < 4.78 is 4.58. The first-order valence-corrected chi connectivity index (χ1v) is 8.62. The van der Waals surface area contributed by atoms with E-state index in [4.69, 9.17) is 5.11 Å². The Labute approximate surface area is 167 Å². The van der Waals surface area contributed by atoms with Crippen molar-refractivity contribution in [2.75, 3.05) is 13.1 Å². The summed E-state index contributed by atoms with van der Waals surface area (Å²) in [5, 5.41) is 15.4. The molecule has 1 heterocycles. The fourth-order valence-electron chi connectivity index (χ4n) is 2.04. The number of carbonyl (C=O) groups is 4.